The summed E-state index contributed by atoms with van der Waals surface area (Å²) in [4.78, 5) is 14.4. The second-order valence-electron chi connectivity index (χ2n) is 5.04. The van der Waals surface area contributed by atoms with Crippen LogP contribution in [0.3, 0.4) is 0 Å². The third kappa shape index (κ3) is 2.85. The Hall–Kier alpha value is -1.06. The van der Waals surface area contributed by atoms with E-state index < -0.39 is 0 Å². The van der Waals surface area contributed by atoms with Gasteiger partial charge < -0.3 is 10.2 Å². The lowest BCUT2D eigenvalue weighted by Crippen LogP contribution is -2.52. The number of rotatable bonds is 4. The number of amides is 1. The highest BCUT2D eigenvalue weighted by molar-refractivity contribution is 5.85. The van der Waals surface area contributed by atoms with E-state index in [2.05, 4.69) is 22.3 Å². The van der Waals surface area contributed by atoms with Gasteiger partial charge in [-0.05, 0) is 18.4 Å². The van der Waals surface area contributed by atoms with Crippen LogP contribution in [0, 0.1) is 5.92 Å². The van der Waals surface area contributed by atoms with Crippen molar-refractivity contribution in [1.29, 1.82) is 0 Å². The van der Waals surface area contributed by atoms with Crippen molar-refractivity contribution in [3.8, 4) is 0 Å². The van der Waals surface area contributed by atoms with Crippen LogP contribution in [-0.2, 0) is 11.3 Å². The number of carbonyl (C=O) groups is 1. The first-order valence-electron chi connectivity index (χ1n) is 6.40. The van der Waals surface area contributed by atoms with Crippen LogP contribution in [0.4, 0.5) is 0 Å². The maximum atomic E-state index is 12.3. The Kier molecular flexibility index (Phi) is 4.25. The minimum Gasteiger partial charge on any atom is -0.335 e. The molecule has 3 rings (SSSR count). The van der Waals surface area contributed by atoms with E-state index in [4.69, 9.17) is 0 Å². The number of carbonyl (C=O) groups excluding carboxylic acids is 1. The van der Waals surface area contributed by atoms with Crippen LogP contribution < -0.4 is 5.32 Å². The van der Waals surface area contributed by atoms with Crippen LogP contribution in [0.5, 0.6) is 0 Å². The largest absolute Gasteiger partial charge is 0.335 e. The fraction of sp³-hybridized carbons (Fsp3) is 0.500. The molecule has 1 saturated heterocycles. The monoisotopic (exact) mass is 266 g/mol. The molecule has 0 bridgehead atoms. The van der Waals surface area contributed by atoms with E-state index in [1.54, 1.807) is 0 Å². The van der Waals surface area contributed by atoms with Gasteiger partial charge in [0.05, 0.1) is 5.92 Å². The number of halogens is 1. The third-order valence-electron chi connectivity index (χ3n) is 3.60. The van der Waals surface area contributed by atoms with E-state index in [0.717, 1.165) is 19.6 Å². The lowest BCUT2D eigenvalue weighted by Gasteiger charge is -2.32. The molecule has 2 aliphatic rings. The maximum absolute atomic E-state index is 12.3. The van der Waals surface area contributed by atoms with Gasteiger partial charge >= 0.3 is 0 Å². The molecule has 3 nitrogen and oxygen atoms in total. The van der Waals surface area contributed by atoms with Crippen molar-refractivity contribution in [2.75, 3.05) is 13.1 Å². The average Bonchev–Trinajstić information content (AvgIpc) is 3.08. The van der Waals surface area contributed by atoms with E-state index in [1.165, 1.54) is 18.4 Å². The first-order valence-corrected chi connectivity index (χ1v) is 6.40. The van der Waals surface area contributed by atoms with Crippen molar-refractivity contribution in [2.24, 2.45) is 5.92 Å². The lowest BCUT2D eigenvalue weighted by atomic mass is 10.0. The predicted molar refractivity (Wildman–Crippen MR) is 73.6 cm³/mol. The highest BCUT2D eigenvalue weighted by Crippen LogP contribution is 2.30. The first kappa shape index (κ1) is 13.4. The van der Waals surface area contributed by atoms with E-state index in [0.29, 0.717) is 11.9 Å². The van der Waals surface area contributed by atoms with Crippen LogP contribution in [0.2, 0.25) is 0 Å². The van der Waals surface area contributed by atoms with Crippen LogP contribution in [-0.4, -0.2) is 29.9 Å². The Morgan fingerprint density at radius 2 is 1.89 bits per heavy atom. The SMILES string of the molecule is Cl.O=C(C1CNC1)N(Cc1ccccc1)C1CC1. The molecule has 1 aliphatic carbocycles. The van der Waals surface area contributed by atoms with Gasteiger partial charge in [0.1, 0.15) is 0 Å². The van der Waals surface area contributed by atoms with Crippen molar-refractivity contribution >= 4 is 18.3 Å². The van der Waals surface area contributed by atoms with Crippen molar-refractivity contribution in [3.05, 3.63) is 35.9 Å². The van der Waals surface area contributed by atoms with Gasteiger partial charge in [-0.25, -0.2) is 0 Å². The standard InChI is InChI=1S/C14H18N2O.ClH/c17-14(12-8-15-9-12)16(13-6-7-13)10-11-4-2-1-3-5-11;/h1-5,12-13,15H,6-10H2;1H. The van der Waals surface area contributed by atoms with Gasteiger partial charge in [-0.2, -0.15) is 0 Å². The summed E-state index contributed by atoms with van der Waals surface area (Å²) in [7, 11) is 0. The number of nitrogens with zero attached hydrogens (tertiary/aromatic N) is 1. The molecule has 1 amide bonds. The molecular formula is C14H19ClN2O. The maximum Gasteiger partial charge on any atom is 0.228 e. The molecule has 4 heteroatoms. The third-order valence-corrected chi connectivity index (χ3v) is 3.60. The van der Waals surface area contributed by atoms with Crippen LogP contribution in [0.15, 0.2) is 30.3 Å². The minimum atomic E-state index is 0. The molecule has 0 aromatic heterocycles. The predicted octanol–water partition coefficient (Wildman–Crippen LogP) is 1.82. The van der Waals surface area contributed by atoms with Gasteiger partial charge in [0.2, 0.25) is 5.91 Å². The van der Waals surface area contributed by atoms with E-state index in [1.807, 2.05) is 18.2 Å². The van der Waals surface area contributed by atoms with Crippen LogP contribution in [0.1, 0.15) is 18.4 Å². The molecule has 1 N–H and O–H groups in total. The molecule has 0 unspecified atom stereocenters. The second-order valence-corrected chi connectivity index (χ2v) is 5.04. The highest BCUT2D eigenvalue weighted by Gasteiger charge is 2.37. The first-order chi connectivity index (χ1) is 8.34. The normalized spacial score (nSPS) is 18.7. The molecule has 1 aromatic rings. The van der Waals surface area contributed by atoms with Gasteiger partial charge in [-0.15, -0.1) is 12.4 Å². The molecule has 0 spiro atoms. The Morgan fingerprint density at radius 3 is 2.39 bits per heavy atom. The Bertz CT molecular complexity index is 402. The van der Waals surface area contributed by atoms with Crippen molar-refractivity contribution in [2.45, 2.75) is 25.4 Å². The zero-order chi connectivity index (χ0) is 11.7. The molecule has 1 aromatic carbocycles. The summed E-state index contributed by atoms with van der Waals surface area (Å²) < 4.78 is 0. The molecule has 18 heavy (non-hydrogen) atoms. The summed E-state index contributed by atoms with van der Waals surface area (Å²) in [5, 5.41) is 3.17. The number of hydrogen-bond donors (Lipinski definition) is 1. The summed E-state index contributed by atoms with van der Waals surface area (Å²) in [5.74, 6) is 0.564. The Morgan fingerprint density at radius 1 is 1.22 bits per heavy atom. The number of nitrogens with one attached hydrogen (secondary N) is 1. The molecule has 1 aliphatic heterocycles. The van der Waals surface area contributed by atoms with Gasteiger partial charge in [0.15, 0.2) is 0 Å². The van der Waals surface area contributed by atoms with Crippen molar-refractivity contribution in [1.82, 2.24) is 10.2 Å². The van der Waals surface area contributed by atoms with Gasteiger partial charge in [-0.1, -0.05) is 30.3 Å². The van der Waals surface area contributed by atoms with Crippen molar-refractivity contribution < 1.29 is 4.79 Å². The Labute approximate surface area is 114 Å². The summed E-state index contributed by atoms with van der Waals surface area (Å²) in [6.45, 7) is 2.49. The lowest BCUT2D eigenvalue weighted by molar-refractivity contribution is -0.138. The summed E-state index contributed by atoms with van der Waals surface area (Å²) in [6.07, 6.45) is 2.36. The molecular weight excluding hydrogens is 248 g/mol. The van der Waals surface area contributed by atoms with Crippen molar-refractivity contribution in [3.63, 3.8) is 0 Å². The van der Waals surface area contributed by atoms with Gasteiger partial charge in [0, 0.05) is 25.7 Å². The fourth-order valence-corrected chi connectivity index (χ4v) is 2.25. The topological polar surface area (TPSA) is 32.3 Å². The van der Waals surface area contributed by atoms with Gasteiger partial charge in [-0.3, -0.25) is 4.79 Å². The highest BCUT2D eigenvalue weighted by atomic mass is 35.5. The zero-order valence-electron chi connectivity index (χ0n) is 10.3. The van der Waals surface area contributed by atoms with Gasteiger partial charge in [0.25, 0.3) is 0 Å². The Balaban J connectivity index is 0.00000120. The fourth-order valence-electron chi connectivity index (χ4n) is 2.25. The molecule has 0 radical (unpaired) electrons. The molecule has 1 heterocycles. The summed E-state index contributed by atoms with van der Waals surface area (Å²) >= 11 is 0. The number of hydrogen-bond acceptors (Lipinski definition) is 2. The van der Waals surface area contributed by atoms with E-state index in [-0.39, 0.29) is 18.3 Å². The van der Waals surface area contributed by atoms with Crippen LogP contribution >= 0.6 is 12.4 Å². The smallest absolute Gasteiger partial charge is 0.228 e. The molecule has 98 valence electrons. The summed E-state index contributed by atoms with van der Waals surface area (Å²) in [5.41, 5.74) is 1.24. The average molecular weight is 267 g/mol. The minimum absolute atomic E-state index is 0. The molecule has 1 saturated carbocycles. The molecule has 0 atom stereocenters. The summed E-state index contributed by atoms with van der Waals surface area (Å²) in [6, 6.07) is 10.8. The quantitative estimate of drug-likeness (QED) is 0.902. The van der Waals surface area contributed by atoms with Crippen LogP contribution in [0.25, 0.3) is 0 Å². The number of benzene rings is 1. The van der Waals surface area contributed by atoms with E-state index >= 15 is 0 Å². The van der Waals surface area contributed by atoms with E-state index in [9.17, 15) is 4.79 Å². The zero-order valence-corrected chi connectivity index (χ0v) is 11.2. The molecule has 2 fully saturated rings. The second kappa shape index (κ2) is 5.72.